The minimum atomic E-state index is 0.338. The van der Waals surface area contributed by atoms with Crippen molar-refractivity contribution in [1.29, 1.82) is 0 Å². The first-order valence-electron chi connectivity index (χ1n) is 6.64. The Kier molecular flexibility index (Phi) is 4.58. The second kappa shape index (κ2) is 6.38. The van der Waals surface area contributed by atoms with Gasteiger partial charge < -0.3 is 10.4 Å². The summed E-state index contributed by atoms with van der Waals surface area (Å²) in [6, 6.07) is 7.38. The molecular formula is C15H21N3O. The van der Waals surface area contributed by atoms with Gasteiger partial charge in [-0.1, -0.05) is 32.0 Å². The maximum atomic E-state index is 9.65. The molecule has 2 rings (SSSR count). The number of phenols is 1. The van der Waals surface area contributed by atoms with E-state index in [0.717, 1.165) is 24.2 Å². The molecule has 1 heterocycles. The molecule has 4 heteroatoms. The van der Waals surface area contributed by atoms with Gasteiger partial charge in [0.25, 0.3) is 0 Å². The summed E-state index contributed by atoms with van der Waals surface area (Å²) >= 11 is 0. The first kappa shape index (κ1) is 13.6. The number of nitrogens with zero attached hydrogens (tertiary/aromatic N) is 2. The van der Waals surface area contributed by atoms with Crippen LogP contribution in [0.4, 0.5) is 0 Å². The molecule has 0 bridgehead atoms. The number of para-hydroxylation sites is 1. The minimum Gasteiger partial charge on any atom is -0.508 e. The normalized spacial score (nSPS) is 11.1. The third kappa shape index (κ3) is 4.10. The molecule has 0 fully saturated rings. The Hall–Kier alpha value is -1.81. The molecule has 19 heavy (non-hydrogen) atoms. The van der Waals surface area contributed by atoms with Crippen LogP contribution in [0.15, 0.2) is 36.7 Å². The third-order valence-corrected chi connectivity index (χ3v) is 2.88. The zero-order valence-electron chi connectivity index (χ0n) is 11.5. The lowest BCUT2D eigenvalue weighted by Crippen LogP contribution is -2.12. The number of phenolic OH excluding ortho intramolecular Hbond substituents is 1. The van der Waals surface area contributed by atoms with Gasteiger partial charge in [-0.2, -0.15) is 5.10 Å². The molecule has 0 spiro atoms. The number of benzene rings is 1. The van der Waals surface area contributed by atoms with Crippen molar-refractivity contribution in [2.75, 3.05) is 0 Å². The zero-order valence-corrected chi connectivity index (χ0v) is 11.5. The number of rotatable bonds is 6. The van der Waals surface area contributed by atoms with Crippen molar-refractivity contribution < 1.29 is 5.11 Å². The molecule has 0 unspecified atom stereocenters. The SMILES string of the molecule is CC(C)Cn1cc(CNCc2ccccc2O)cn1. The van der Waals surface area contributed by atoms with Gasteiger partial charge in [0.1, 0.15) is 5.75 Å². The summed E-state index contributed by atoms with van der Waals surface area (Å²) in [7, 11) is 0. The summed E-state index contributed by atoms with van der Waals surface area (Å²) in [5.41, 5.74) is 2.08. The summed E-state index contributed by atoms with van der Waals surface area (Å²) in [6.07, 6.45) is 3.96. The number of aromatic hydroxyl groups is 1. The van der Waals surface area contributed by atoms with Gasteiger partial charge in [-0.15, -0.1) is 0 Å². The van der Waals surface area contributed by atoms with E-state index in [-0.39, 0.29) is 0 Å². The van der Waals surface area contributed by atoms with Crippen LogP contribution in [0.25, 0.3) is 0 Å². The lowest BCUT2D eigenvalue weighted by molar-refractivity contribution is 0.464. The largest absolute Gasteiger partial charge is 0.508 e. The third-order valence-electron chi connectivity index (χ3n) is 2.88. The van der Waals surface area contributed by atoms with E-state index in [2.05, 4.69) is 30.5 Å². The van der Waals surface area contributed by atoms with Gasteiger partial charge in [0.15, 0.2) is 0 Å². The fraction of sp³-hybridized carbons (Fsp3) is 0.400. The van der Waals surface area contributed by atoms with Gasteiger partial charge in [0.05, 0.1) is 6.20 Å². The highest BCUT2D eigenvalue weighted by atomic mass is 16.3. The number of hydrogen-bond donors (Lipinski definition) is 2. The van der Waals surface area contributed by atoms with Crippen LogP contribution in [0.1, 0.15) is 25.0 Å². The molecule has 1 aromatic carbocycles. The van der Waals surface area contributed by atoms with Crippen LogP contribution in [-0.2, 0) is 19.6 Å². The quantitative estimate of drug-likeness (QED) is 0.838. The summed E-state index contributed by atoms with van der Waals surface area (Å²) in [5.74, 6) is 0.937. The lowest BCUT2D eigenvalue weighted by Gasteiger charge is -2.05. The monoisotopic (exact) mass is 259 g/mol. The van der Waals surface area contributed by atoms with Gasteiger partial charge in [-0.25, -0.2) is 0 Å². The first-order chi connectivity index (χ1) is 9.15. The van der Waals surface area contributed by atoms with Crippen molar-refractivity contribution in [2.24, 2.45) is 5.92 Å². The van der Waals surface area contributed by atoms with Gasteiger partial charge in [0, 0.05) is 37.0 Å². The average molecular weight is 259 g/mol. The summed E-state index contributed by atoms with van der Waals surface area (Å²) < 4.78 is 1.97. The van der Waals surface area contributed by atoms with E-state index in [1.165, 1.54) is 0 Å². The van der Waals surface area contributed by atoms with Crippen molar-refractivity contribution in [3.63, 3.8) is 0 Å². The van der Waals surface area contributed by atoms with Crippen LogP contribution in [-0.4, -0.2) is 14.9 Å². The van der Waals surface area contributed by atoms with E-state index in [1.807, 2.05) is 29.1 Å². The summed E-state index contributed by atoms with van der Waals surface area (Å²) in [4.78, 5) is 0. The molecule has 2 aromatic rings. The van der Waals surface area contributed by atoms with Gasteiger partial charge >= 0.3 is 0 Å². The average Bonchev–Trinajstić information content (AvgIpc) is 2.78. The molecular weight excluding hydrogens is 238 g/mol. The Bertz CT molecular complexity index is 520. The van der Waals surface area contributed by atoms with E-state index >= 15 is 0 Å². The van der Waals surface area contributed by atoms with Gasteiger partial charge in [0.2, 0.25) is 0 Å². The molecule has 0 aliphatic carbocycles. The van der Waals surface area contributed by atoms with Crippen LogP contribution in [0.3, 0.4) is 0 Å². The van der Waals surface area contributed by atoms with Crippen molar-refractivity contribution in [3.05, 3.63) is 47.8 Å². The minimum absolute atomic E-state index is 0.338. The highest BCUT2D eigenvalue weighted by Gasteiger charge is 2.02. The number of hydrogen-bond acceptors (Lipinski definition) is 3. The van der Waals surface area contributed by atoms with Crippen LogP contribution in [0, 0.1) is 5.92 Å². The van der Waals surface area contributed by atoms with Crippen LogP contribution >= 0.6 is 0 Å². The van der Waals surface area contributed by atoms with E-state index in [0.29, 0.717) is 18.2 Å². The molecule has 2 N–H and O–H groups in total. The fourth-order valence-electron chi connectivity index (χ4n) is 1.97. The van der Waals surface area contributed by atoms with Crippen molar-refractivity contribution >= 4 is 0 Å². The maximum Gasteiger partial charge on any atom is 0.120 e. The predicted molar refractivity (Wildman–Crippen MR) is 75.7 cm³/mol. The van der Waals surface area contributed by atoms with E-state index in [1.54, 1.807) is 6.07 Å². The molecule has 0 radical (unpaired) electrons. The van der Waals surface area contributed by atoms with Gasteiger partial charge in [-0.05, 0) is 12.0 Å². The van der Waals surface area contributed by atoms with Crippen molar-refractivity contribution in [2.45, 2.75) is 33.5 Å². The Morgan fingerprint density at radius 3 is 2.79 bits per heavy atom. The van der Waals surface area contributed by atoms with Crippen LogP contribution in [0.5, 0.6) is 5.75 Å². The molecule has 0 atom stereocenters. The number of aromatic nitrogens is 2. The standard InChI is InChI=1S/C15H21N3O/c1-12(2)10-18-11-13(8-17-18)7-16-9-14-5-3-4-6-15(14)19/h3-6,8,11-12,16,19H,7,9-10H2,1-2H3. The molecule has 102 valence electrons. The second-order valence-corrected chi connectivity index (χ2v) is 5.20. The van der Waals surface area contributed by atoms with Gasteiger partial charge in [-0.3, -0.25) is 4.68 Å². The molecule has 0 saturated heterocycles. The predicted octanol–water partition coefficient (Wildman–Crippen LogP) is 2.53. The zero-order chi connectivity index (χ0) is 13.7. The van der Waals surface area contributed by atoms with Crippen molar-refractivity contribution in [1.82, 2.24) is 15.1 Å². The molecule has 1 aromatic heterocycles. The Labute approximate surface area is 114 Å². The Balaban J connectivity index is 1.83. The van der Waals surface area contributed by atoms with Crippen LogP contribution in [0.2, 0.25) is 0 Å². The Morgan fingerprint density at radius 1 is 1.26 bits per heavy atom. The van der Waals surface area contributed by atoms with E-state index in [9.17, 15) is 5.11 Å². The molecule has 0 aliphatic heterocycles. The second-order valence-electron chi connectivity index (χ2n) is 5.20. The topological polar surface area (TPSA) is 50.1 Å². The highest BCUT2D eigenvalue weighted by Crippen LogP contribution is 2.15. The fourth-order valence-corrected chi connectivity index (χ4v) is 1.97. The smallest absolute Gasteiger partial charge is 0.120 e. The highest BCUT2D eigenvalue weighted by molar-refractivity contribution is 5.31. The summed E-state index contributed by atoms with van der Waals surface area (Å²) in [6.45, 7) is 6.71. The molecule has 4 nitrogen and oxygen atoms in total. The van der Waals surface area contributed by atoms with Crippen LogP contribution < -0.4 is 5.32 Å². The molecule has 0 aliphatic rings. The van der Waals surface area contributed by atoms with Crippen molar-refractivity contribution in [3.8, 4) is 5.75 Å². The van der Waals surface area contributed by atoms with E-state index < -0.39 is 0 Å². The Morgan fingerprint density at radius 2 is 2.05 bits per heavy atom. The maximum absolute atomic E-state index is 9.65. The molecule has 0 amide bonds. The lowest BCUT2D eigenvalue weighted by atomic mass is 10.2. The first-order valence-corrected chi connectivity index (χ1v) is 6.64. The molecule has 0 saturated carbocycles. The van der Waals surface area contributed by atoms with E-state index in [4.69, 9.17) is 0 Å². The number of nitrogens with one attached hydrogen (secondary N) is 1. The summed E-state index contributed by atoms with van der Waals surface area (Å²) in [5, 5.41) is 17.3.